The van der Waals surface area contributed by atoms with Gasteiger partial charge in [-0.15, -0.1) is 0 Å². The number of hydrogen-bond acceptors (Lipinski definition) is 4. The molecule has 0 spiro atoms. The molecule has 0 atom stereocenters. The van der Waals surface area contributed by atoms with Crippen LogP contribution in [0.1, 0.15) is 17.5 Å². The lowest BCUT2D eigenvalue weighted by Crippen LogP contribution is -2.13. The van der Waals surface area contributed by atoms with Crippen LogP contribution in [0.2, 0.25) is 0 Å². The predicted octanol–water partition coefficient (Wildman–Crippen LogP) is 2.08. The Morgan fingerprint density at radius 3 is 2.71 bits per heavy atom. The highest BCUT2D eigenvalue weighted by atomic mass is 16.5. The van der Waals surface area contributed by atoms with E-state index in [1.165, 1.54) is 7.11 Å². The molecule has 2 rings (SSSR count). The maximum atomic E-state index is 11.4. The fourth-order valence-electron chi connectivity index (χ4n) is 2.00. The summed E-state index contributed by atoms with van der Waals surface area (Å²) in [5.74, 6) is 0.294. The monoisotopic (exact) mass is 234 g/mol. The summed E-state index contributed by atoms with van der Waals surface area (Å²) in [6, 6.07) is 5.39. The molecule has 0 bridgehead atoms. The molecule has 0 heterocycles. The van der Waals surface area contributed by atoms with Gasteiger partial charge in [-0.1, -0.05) is 0 Å². The molecular formula is C13H14O4. The maximum Gasteiger partial charge on any atom is 0.337 e. The number of carbonyl (C=O) groups excluding carboxylic acids is 1. The first-order chi connectivity index (χ1) is 8.17. The van der Waals surface area contributed by atoms with Crippen molar-refractivity contribution in [3.63, 3.8) is 0 Å². The van der Waals surface area contributed by atoms with Crippen molar-refractivity contribution in [1.82, 2.24) is 0 Å². The van der Waals surface area contributed by atoms with Crippen LogP contribution in [0.3, 0.4) is 0 Å². The van der Waals surface area contributed by atoms with Gasteiger partial charge in [-0.05, 0) is 36.6 Å². The molecule has 1 N–H and O–H groups in total. The molecule has 0 saturated carbocycles. The summed E-state index contributed by atoms with van der Waals surface area (Å²) in [7, 11) is 2.91. The van der Waals surface area contributed by atoms with E-state index in [4.69, 9.17) is 4.74 Å². The number of benzene rings is 1. The Balaban J connectivity index is 2.46. The van der Waals surface area contributed by atoms with Crippen LogP contribution >= 0.6 is 0 Å². The summed E-state index contributed by atoms with van der Waals surface area (Å²) < 4.78 is 9.76. The van der Waals surface area contributed by atoms with E-state index in [0.29, 0.717) is 24.0 Å². The zero-order valence-electron chi connectivity index (χ0n) is 9.82. The molecule has 0 amide bonds. The number of aliphatic hydroxyl groups is 1. The lowest BCUT2D eigenvalue weighted by molar-refractivity contribution is -0.136. The fourth-order valence-corrected chi connectivity index (χ4v) is 2.00. The van der Waals surface area contributed by atoms with Crippen molar-refractivity contribution in [2.75, 3.05) is 14.2 Å². The summed E-state index contributed by atoms with van der Waals surface area (Å²) in [6.45, 7) is 0. The van der Waals surface area contributed by atoms with E-state index in [1.807, 2.05) is 6.07 Å². The van der Waals surface area contributed by atoms with Crippen LogP contribution in [0, 0.1) is 0 Å². The number of carbonyl (C=O) groups is 1. The predicted molar refractivity (Wildman–Crippen MR) is 62.9 cm³/mol. The minimum Gasteiger partial charge on any atom is -0.507 e. The molecule has 4 heteroatoms. The summed E-state index contributed by atoms with van der Waals surface area (Å²) in [6.07, 6.45) is 1.18. The zero-order chi connectivity index (χ0) is 12.4. The van der Waals surface area contributed by atoms with Gasteiger partial charge in [0.2, 0.25) is 0 Å². The third-order valence-corrected chi connectivity index (χ3v) is 2.93. The first kappa shape index (κ1) is 11.5. The molecule has 1 aliphatic carbocycles. The highest BCUT2D eigenvalue weighted by Gasteiger charge is 2.24. The Morgan fingerprint density at radius 2 is 2.06 bits per heavy atom. The van der Waals surface area contributed by atoms with Gasteiger partial charge in [0.25, 0.3) is 0 Å². The highest BCUT2D eigenvalue weighted by Crippen LogP contribution is 2.32. The number of aliphatic hydroxyl groups excluding tert-OH is 1. The first-order valence-electron chi connectivity index (χ1n) is 5.35. The molecule has 0 fully saturated rings. The number of ether oxygens (including phenoxy) is 2. The van der Waals surface area contributed by atoms with Crippen LogP contribution in [-0.4, -0.2) is 25.3 Å². The minimum absolute atomic E-state index is 0.0146. The van der Waals surface area contributed by atoms with E-state index in [1.54, 1.807) is 19.2 Å². The SMILES string of the molecule is COC(=O)C1=C(O)c2ccc(OC)cc2CC1. The van der Waals surface area contributed by atoms with Crippen molar-refractivity contribution in [2.24, 2.45) is 0 Å². The fraction of sp³-hybridized carbons (Fsp3) is 0.308. The normalized spacial score (nSPS) is 14.2. The third-order valence-electron chi connectivity index (χ3n) is 2.93. The average molecular weight is 234 g/mol. The van der Waals surface area contributed by atoms with E-state index >= 15 is 0 Å². The van der Waals surface area contributed by atoms with E-state index in [0.717, 1.165) is 11.3 Å². The van der Waals surface area contributed by atoms with Crippen molar-refractivity contribution >= 4 is 11.7 Å². The molecule has 0 saturated heterocycles. The van der Waals surface area contributed by atoms with Gasteiger partial charge in [0.1, 0.15) is 11.5 Å². The van der Waals surface area contributed by atoms with E-state index in [9.17, 15) is 9.90 Å². The van der Waals surface area contributed by atoms with Crippen molar-refractivity contribution < 1.29 is 19.4 Å². The van der Waals surface area contributed by atoms with Crippen LogP contribution < -0.4 is 4.74 Å². The van der Waals surface area contributed by atoms with Gasteiger partial charge in [-0.25, -0.2) is 4.79 Å². The second-order valence-electron chi connectivity index (χ2n) is 3.84. The van der Waals surface area contributed by atoms with Gasteiger partial charge in [0.15, 0.2) is 0 Å². The van der Waals surface area contributed by atoms with Gasteiger partial charge in [-0.3, -0.25) is 0 Å². The Morgan fingerprint density at radius 1 is 1.29 bits per heavy atom. The zero-order valence-corrected chi connectivity index (χ0v) is 9.82. The topological polar surface area (TPSA) is 55.8 Å². The molecule has 0 unspecified atom stereocenters. The molecule has 1 aliphatic rings. The summed E-state index contributed by atoms with van der Waals surface area (Å²) in [5, 5.41) is 10.0. The van der Waals surface area contributed by atoms with Crippen LogP contribution in [0.25, 0.3) is 5.76 Å². The quantitative estimate of drug-likeness (QED) is 0.796. The van der Waals surface area contributed by atoms with E-state index in [-0.39, 0.29) is 5.76 Å². The van der Waals surface area contributed by atoms with Gasteiger partial charge in [0, 0.05) is 5.56 Å². The second kappa shape index (κ2) is 4.49. The van der Waals surface area contributed by atoms with Crippen LogP contribution in [-0.2, 0) is 16.0 Å². The minimum atomic E-state index is -0.469. The van der Waals surface area contributed by atoms with Crippen molar-refractivity contribution in [2.45, 2.75) is 12.8 Å². The lowest BCUT2D eigenvalue weighted by Gasteiger charge is -2.18. The number of fused-ring (bicyclic) bond motifs is 1. The standard InChI is InChI=1S/C13H14O4/c1-16-9-4-6-10-8(7-9)3-5-11(12(10)14)13(15)17-2/h4,6-7,14H,3,5H2,1-2H3. The molecule has 17 heavy (non-hydrogen) atoms. The maximum absolute atomic E-state index is 11.4. The Hall–Kier alpha value is -1.97. The molecule has 90 valence electrons. The Bertz CT molecular complexity index is 488. The van der Waals surface area contributed by atoms with Gasteiger partial charge in [-0.2, -0.15) is 0 Å². The first-order valence-corrected chi connectivity index (χ1v) is 5.35. The largest absolute Gasteiger partial charge is 0.507 e. The summed E-state index contributed by atoms with van der Waals surface area (Å²) in [5.41, 5.74) is 2.00. The van der Waals surface area contributed by atoms with Crippen LogP contribution in [0.15, 0.2) is 23.8 Å². The number of rotatable bonds is 2. The van der Waals surface area contributed by atoms with Crippen molar-refractivity contribution in [3.05, 3.63) is 34.9 Å². The number of methoxy groups -OCH3 is 2. The molecule has 1 aromatic rings. The van der Waals surface area contributed by atoms with Crippen molar-refractivity contribution in [3.8, 4) is 5.75 Å². The molecule has 0 aromatic heterocycles. The summed E-state index contributed by atoms with van der Waals surface area (Å²) >= 11 is 0. The summed E-state index contributed by atoms with van der Waals surface area (Å²) in [4.78, 5) is 11.4. The number of hydrogen-bond donors (Lipinski definition) is 1. The van der Waals surface area contributed by atoms with Gasteiger partial charge >= 0.3 is 5.97 Å². The second-order valence-corrected chi connectivity index (χ2v) is 3.84. The van der Waals surface area contributed by atoms with Crippen LogP contribution in [0.4, 0.5) is 0 Å². The average Bonchev–Trinajstić information content (AvgIpc) is 2.38. The van der Waals surface area contributed by atoms with E-state index in [2.05, 4.69) is 4.74 Å². The highest BCUT2D eigenvalue weighted by molar-refractivity contribution is 5.97. The van der Waals surface area contributed by atoms with Gasteiger partial charge in [0.05, 0.1) is 19.8 Å². The lowest BCUT2D eigenvalue weighted by atomic mass is 9.90. The Labute approximate surface area is 99.5 Å². The van der Waals surface area contributed by atoms with Crippen LogP contribution in [0.5, 0.6) is 5.75 Å². The smallest absolute Gasteiger partial charge is 0.337 e. The molecule has 1 aromatic carbocycles. The number of aryl methyl sites for hydroxylation is 1. The van der Waals surface area contributed by atoms with Gasteiger partial charge < -0.3 is 14.6 Å². The third kappa shape index (κ3) is 1.98. The molecule has 0 radical (unpaired) electrons. The van der Waals surface area contributed by atoms with E-state index < -0.39 is 5.97 Å². The Kier molecular flexibility index (Phi) is 3.04. The molecule has 0 aliphatic heterocycles. The molecular weight excluding hydrogens is 220 g/mol. The van der Waals surface area contributed by atoms with Crippen molar-refractivity contribution in [1.29, 1.82) is 0 Å². The molecule has 4 nitrogen and oxygen atoms in total. The number of esters is 1.